The van der Waals surface area contributed by atoms with Crippen LogP contribution in [0.4, 0.5) is 10.1 Å². The van der Waals surface area contributed by atoms with Crippen molar-refractivity contribution in [3.05, 3.63) is 29.6 Å². The van der Waals surface area contributed by atoms with Gasteiger partial charge in [0.2, 0.25) is 0 Å². The van der Waals surface area contributed by atoms with Crippen molar-refractivity contribution in [2.24, 2.45) is 0 Å². The highest BCUT2D eigenvalue weighted by Crippen LogP contribution is 2.37. The van der Waals surface area contributed by atoms with Crippen molar-refractivity contribution >= 4 is 11.6 Å². The van der Waals surface area contributed by atoms with E-state index in [-0.39, 0.29) is 35.3 Å². The standard InChI is InChI=1S/C14H17FN2O2/c15-12-3-1-2-11(13(12)16)14(19)17-8-4-5-9(17)7-10(18)6-8/h1-3,8-10,18H,4-7,16H2. The first-order valence-electron chi connectivity index (χ1n) is 6.62. The molecular weight excluding hydrogens is 247 g/mol. The molecule has 0 saturated carbocycles. The summed E-state index contributed by atoms with van der Waals surface area (Å²) >= 11 is 0. The molecule has 0 radical (unpaired) electrons. The van der Waals surface area contributed by atoms with E-state index < -0.39 is 5.82 Å². The molecule has 4 nitrogen and oxygen atoms in total. The molecule has 0 spiro atoms. The molecule has 5 heteroatoms. The number of nitrogens with two attached hydrogens (primary N) is 1. The number of aliphatic hydroxyl groups excluding tert-OH is 1. The Bertz CT molecular complexity index is 506. The third kappa shape index (κ3) is 1.98. The molecule has 2 aliphatic rings. The molecular formula is C14H17FN2O2. The third-order valence-electron chi connectivity index (χ3n) is 4.23. The zero-order chi connectivity index (χ0) is 13.6. The Morgan fingerprint density at radius 2 is 1.95 bits per heavy atom. The van der Waals surface area contributed by atoms with Crippen molar-refractivity contribution in [3.63, 3.8) is 0 Å². The topological polar surface area (TPSA) is 66.6 Å². The molecule has 2 aliphatic heterocycles. The smallest absolute Gasteiger partial charge is 0.256 e. The van der Waals surface area contributed by atoms with E-state index in [1.165, 1.54) is 12.1 Å². The summed E-state index contributed by atoms with van der Waals surface area (Å²) in [5.74, 6) is -0.772. The number of piperidine rings is 1. The molecule has 2 bridgehead atoms. The number of aliphatic hydroxyl groups is 1. The number of benzene rings is 1. The summed E-state index contributed by atoms with van der Waals surface area (Å²) in [4.78, 5) is 14.3. The third-order valence-corrected chi connectivity index (χ3v) is 4.23. The van der Waals surface area contributed by atoms with E-state index in [1.54, 1.807) is 11.0 Å². The molecule has 0 aliphatic carbocycles. The summed E-state index contributed by atoms with van der Waals surface area (Å²) in [6, 6.07) is 4.43. The van der Waals surface area contributed by atoms with Gasteiger partial charge < -0.3 is 15.7 Å². The number of carbonyl (C=O) groups is 1. The number of halogens is 1. The monoisotopic (exact) mass is 264 g/mol. The van der Waals surface area contributed by atoms with Gasteiger partial charge in [-0.05, 0) is 37.8 Å². The van der Waals surface area contributed by atoms with E-state index in [9.17, 15) is 14.3 Å². The molecule has 2 saturated heterocycles. The summed E-state index contributed by atoms with van der Waals surface area (Å²) in [6.07, 6.45) is 2.70. The second-order valence-corrected chi connectivity index (χ2v) is 5.42. The van der Waals surface area contributed by atoms with E-state index in [0.717, 1.165) is 12.8 Å². The van der Waals surface area contributed by atoms with Crippen LogP contribution in [0.2, 0.25) is 0 Å². The van der Waals surface area contributed by atoms with Gasteiger partial charge in [0.25, 0.3) is 5.91 Å². The number of hydrogen-bond acceptors (Lipinski definition) is 3. The fraction of sp³-hybridized carbons (Fsp3) is 0.500. The number of fused-ring (bicyclic) bond motifs is 2. The summed E-state index contributed by atoms with van der Waals surface area (Å²) < 4.78 is 13.4. The summed E-state index contributed by atoms with van der Waals surface area (Å²) in [7, 11) is 0. The summed E-state index contributed by atoms with van der Waals surface area (Å²) in [5, 5.41) is 9.74. The lowest BCUT2D eigenvalue weighted by Crippen LogP contribution is -2.48. The van der Waals surface area contributed by atoms with E-state index in [4.69, 9.17) is 5.73 Å². The second-order valence-electron chi connectivity index (χ2n) is 5.42. The Hall–Kier alpha value is -1.62. The molecule has 1 aromatic rings. The SMILES string of the molecule is Nc1c(F)cccc1C(=O)N1C2CCC1CC(O)C2. The fourth-order valence-corrected chi connectivity index (χ4v) is 3.34. The van der Waals surface area contributed by atoms with E-state index in [0.29, 0.717) is 12.8 Å². The van der Waals surface area contributed by atoms with Gasteiger partial charge in [0.05, 0.1) is 17.4 Å². The number of para-hydroxylation sites is 1. The molecule has 102 valence electrons. The summed E-state index contributed by atoms with van der Waals surface area (Å²) in [5.41, 5.74) is 5.80. The zero-order valence-corrected chi connectivity index (χ0v) is 10.6. The van der Waals surface area contributed by atoms with Crippen LogP contribution >= 0.6 is 0 Å². The molecule has 3 rings (SSSR count). The molecule has 1 amide bonds. The van der Waals surface area contributed by atoms with Gasteiger partial charge in [-0.15, -0.1) is 0 Å². The van der Waals surface area contributed by atoms with Crippen LogP contribution in [0.3, 0.4) is 0 Å². The minimum atomic E-state index is -0.560. The molecule has 2 atom stereocenters. The lowest BCUT2D eigenvalue weighted by molar-refractivity contribution is 0.0287. The maximum absolute atomic E-state index is 13.4. The lowest BCUT2D eigenvalue weighted by atomic mass is 9.98. The van der Waals surface area contributed by atoms with Gasteiger partial charge in [0.1, 0.15) is 5.82 Å². The van der Waals surface area contributed by atoms with Crippen molar-refractivity contribution in [3.8, 4) is 0 Å². The molecule has 0 aromatic heterocycles. The van der Waals surface area contributed by atoms with Crippen LogP contribution in [-0.4, -0.2) is 34.1 Å². The highest BCUT2D eigenvalue weighted by atomic mass is 19.1. The highest BCUT2D eigenvalue weighted by molar-refractivity contribution is 5.99. The van der Waals surface area contributed by atoms with Crippen molar-refractivity contribution in [1.82, 2.24) is 4.90 Å². The van der Waals surface area contributed by atoms with E-state index >= 15 is 0 Å². The number of rotatable bonds is 1. The second kappa shape index (κ2) is 4.49. The average Bonchev–Trinajstić information content (AvgIpc) is 2.64. The molecule has 2 unspecified atom stereocenters. The van der Waals surface area contributed by atoms with Crippen molar-refractivity contribution in [2.75, 3.05) is 5.73 Å². The van der Waals surface area contributed by atoms with Crippen LogP contribution in [0.1, 0.15) is 36.0 Å². The fourth-order valence-electron chi connectivity index (χ4n) is 3.34. The quantitative estimate of drug-likeness (QED) is 0.756. The van der Waals surface area contributed by atoms with Crippen molar-refractivity contribution in [1.29, 1.82) is 0 Å². The van der Waals surface area contributed by atoms with E-state index in [1.807, 2.05) is 0 Å². The number of nitrogen functional groups attached to an aromatic ring is 1. The van der Waals surface area contributed by atoms with Gasteiger partial charge in [0.15, 0.2) is 0 Å². The van der Waals surface area contributed by atoms with Gasteiger partial charge in [-0.3, -0.25) is 4.79 Å². The average molecular weight is 264 g/mol. The lowest BCUT2D eigenvalue weighted by Gasteiger charge is -2.37. The molecule has 19 heavy (non-hydrogen) atoms. The Morgan fingerprint density at radius 1 is 1.32 bits per heavy atom. The summed E-state index contributed by atoms with van der Waals surface area (Å²) in [6.45, 7) is 0. The Balaban J connectivity index is 1.91. The maximum Gasteiger partial charge on any atom is 0.256 e. The van der Waals surface area contributed by atoms with Gasteiger partial charge in [-0.1, -0.05) is 6.07 Å². The van der Waals surface area contributed by atoms with Crippen LogP contribution in [0.5, 0.6) is 0 Å². The largest absolute Gasteiger partial charge is 0.396 e. The van der Waals surface area contributed by atoms with Crippen LogP contribution in [0, 0.1) is 5.82 Å². The van der Waals surface area contributed by atoms with Crippen LogP contribution in [0.15, 0.2) is 18.2 Å². The van der Waals surface area contributed by atoms with Crippen molar-refractivity contribution in [2.45, 2.75) is 43.9 Å². The van der Waals surface area contributed by atoms with Crippen molar-refractivity contribution < 1.29 is 14.3 Å². The van der Waals surface area contributed by atoms with Gasteiger partial charge >= 0.3 is 0 Å². The molecule has 1 aromatic carbocycles. The first-order valence-corrected chi connectivity index (χ1v) is 6.62. The predicted molar refractivity (Wildman–Crippen MR) is 69.0 cm³/mol. The van der Waals surface area contributed by atoms with Gasteiger partial charge in [-0.2, -0.15) is 0 Å². The first kappa shape index (κ1) is 12.4. The van der Waals surface area contributed by atoms with Crippen LogP contribution in [0.25, 0.3) is 0 Å². The van der Waals surface area contributed by atoms with Gasteiger partial charge in [-0.25, -0.2) is 4.39 Å². The normalized spacial score (nSPS) is 29.6. The highest BCUT2D eigenvalue weighted by Gasteiger charge is 2.43. The minimum absolute atomic E-state index is 0.0592. The number of hydrogen-bond donors (Lipinski definition) is 2. The first-order chi connectivity index (χ1) is 9.08. The minimum Gasteiger partial charge on any atom is -0.396 e. The Morgan fingerprint density at radius 3 is 2.58 bits per heavy atom. The van der Waals surface area contributed by atoms with Gasteiger partial charge in [0, 0.05) is 12.1 Å². The predicted octanol–water partition coefficient (Wildman–Crippen LogP) is 1.54. The van der Waals surface area contributed by atoms with Crippen LogP contribution < -0.4 is 5.73 Å². The number of nitrogens with zero attached hydrogens (tertiary/aromatic N) is 1. The zero-order valence-electron chi connectivity index (χ0n) is 10.6. The molecule has 2 heterocycles. The number of carbonyl (C=O) groups excluding carboxylic acids is 1. The molecule has 2 fully saturated rings. The number of amides is 1. The van der Waals surface area contributed by atoms with Crippen LogP contribution in [-0.2, 0) is 0 Å². The van der Waals surface area contributed by atoms with E-state index in [2.05, 4.69) is 0 Å². The maximum atomic E-state index is 13.4. The molecule has 3 N–H and O–H groups in total. The Kier molecular flexibility index (Phi) is 2.93. The number of anilines is 1. The Labute approximate surface area is 111 Å².